The van der Waals surface area contributed by atoms with Crippen LogP contribution >= 0.6 is 0 Å². The topological polar surface area (TPSA) is 80.1 Å². The second kappa shape index (κ2) is 8.85. The van der Waals surface area contributed by atoms with Crippen LogP contribution in [0.1, 0.15) is 16.3 Å². The van der Waals surface area contributed by atoms with Crippen molar-refractivity contribution in [3.05, 3.63) is 78.3 Å². The van der Waals surface area contributed by atoms with Gasteiger partial charge in [-0.05, 0) is 36.4 Å². The number of rotatable bonds is 6. The first-order valence-electron chi connectivity index (χ1n) is 10.0. The van der Waals surface area contributed by atoms with E-state index in [9.17, 15) is 13.2 Å². The summed E-state index contributed by atoms with van der Waals surface area (Å²) in [5.74, 6) is 0.696. The van der Waals surface area contributed by atoms with Gasteiger partial charge in [0.15, 0.2) is 15.6 Å². The average Bonchev–Trinajstić information content (AvgIpc) is 3.27. The molecule has 0 N–H and O–H groups in total. The van der Waals surface area contributed by atoms with Crippen molar-refractivity contribution in [1.29, 1.82) is 0 Å². The molecule has 0 saturated carbocycles. The van der Waals surface area contributed by atoms with Crippen LogP contribution in [0, 0.1) is 0 Å². The van der Waals surface area contributed by atoms with E-state index in [0.717, 1.165) is 11.4 Å². The van der Waals surface area contributed by atoms with Crippen LogP contribution in [0.5, 0.6) is 5.75 Å². The highest BCUT2D eigenvalue weighted by molar-refractivity contribution is 7.90. The molecule has 162 valence electrons. The van der Waals surface area contributed by atoms with Gasteiger partial charge in [0.2, 0.25) is 0 Å². The summed E-state index contributed by atoms with van der Waals surface area (Å²) in [5.41, 5.74) is 1.05. The van der Waals surface area contributed by atoms with Gasteiger partial charge in [-0.25, -0.2) is 8.42 Å². The average molecular weight is 441 g/mol. The lowest BCUT2D eigenvalue weighted by molar-refractivity contribution is 0.0713. The first-order chi connectivity index (χ1) is 15.0. The van der Waals surface area contributed by atoms with Crippen molar-refractivity contribution >= 4 is 21.4 Å². The van der Waals surface area contributed by atoms with Gasteiger partial charge in [-0.3, -0.25) is 4.79 Å². The number of furan rings is 1. The second-order valence-electron chi connectivity index (χ2n) is 7.32. The van der Waals surface area contributed by atoms with E-state index in [-0.39, 0.29) is 28.1 Å². The standard InChI is InChI=1S/C23H24N2O5S/c1-29-19-7-5-6-18(16-19)24-12-14-25(15-13-24)23(26)22-11-10-20(30-22)17-31(27,28)21-8-3-2-4-9-21/h2-11,16H,12-15,17H2,1H3. The summed E-state index contributed by atoms with van der Waals surface area (Å²) in [4.78, 5) is 17.0. The molecule has 8 heteroatoms. The molecule has 0 spiro atoms. The maximum absolute atomic E-state index is 12.8. The summed E-state index contributed by atoms with van der Waals surface area (Å²) in [7, 11) is -1.89. The smallest absolute Gasteiger partial charge is 0.289 e. The van der Waals surface area contributed by atoms with Crippen molar-refractivity contribution in [3.63, 3.8) is 0 Å². The number of sulfone groups is 1. The third kappa shape index (κ3) is 4.74. The Kier molecular flexibility index (Phi) is 5.99. The normalized spacial score (nSPS) is 14.5. The molecule has 0 unspecified atom stereocenters. The Hall–Kier alpha value is -3.26. The number of hydrogen-bond acceptors (Lipinski definition) is 6. The Morgan fingerprint density at radius 1 is 0.968 bits per heavy atom. The Bertz CT molecular complexity index is 1150. The summed E-state index contributed by atoms with van der Waals surface area (Å²) in [6.07, 6.45) is 0. The minimum atomic E-state index is -3.53. The fourth-order valence-corrected chi connectivity index (χ4v) is 4.87. The van der Waals surface area contributed by atoms with Crippen LogP contribution < -0.4 is 9.64 Å². The van der Waals surface area contributed by atoms with Gasteiger partial charge in [0.05, 0.1) is 12.0 Å². The van der Waals surface area contributed by atoms with Crippen molar-refractivity contribution in [2.24, 2.45) is 0 Å². The van der Waals surface area contributed by atoms with E-state index in [4.69, 9.17) is 9.15 Å². The van der Waals surface area contributed by atoms with Gasteiger partial charge in [-0.1, -0.05) is 24.3 Å². The molecule has 2 aromatic carbocycles. The lowest BCUT2D eigenvalue weighted by Crippen LogP contribution is -2.48. The highest BCUT2D eigenvalue weighted by Crippen LogP contribution is 2.23. The highest BCUT2D eigenvalue weighted by Gasteiger charge is 2.25. The molecule has 1 fully saturated rings. The van der Waals surface area contributed by atoms with E-state index in [2.05, 4.69) is 4.90 Å². The van der Waals surface area contributed by atoms with E-state index >= 15 is 0 Å². The van der Waals surface area contributed by atoms with Crippen LogP contribution in [0.25, 0.3) is 0 Å². The molecule has 7 nitrogen and oxygen atoms in total. The van der Waals surface area contributed by atoms with Gasteiger partial charge in [0, 0.05) is 37.9 Å². The molecule has 0 atom stereocenters. The predicted molar refractivity (Wildman–Crippen MR) is 117 cm³/mol. The van der Waals surface area contributed by atoms with Gasteiger partial charge in [0.25, 0.3) is 5.91 Å². The van der Waals surface area contributed by atoms with Crippen LogP contribution in [0.15, 0.2) is 76.0 Å². The number of benzene rings is 2. The largest absolute Gasteiger partial charge is 0.497 e. The third-order valence-corrected chi connectivity index (χ3v) is 6.95. The van der Waals surface area contributed by atoms with Crippen molar-refractivity contribution < 1.29 is 22.4 Å². The maximum atomic E-state index is 12.8. The fourth-order valence-electron chi connectivity index (χ4n) is 3.60. The number of anilines is 1. The number of carbonyl (C=O) groups excluding carboxylic acids is 1. The Morgan fingerprint density at radius 2 is 1.71 bits per heavy atom. The number of carbonyl (C=O) groups is 1. The van der Waals surface area contributed by atoms with Gasteiger partial charge in [-0.15, -0.1) is 0 Å². The number of nitrogens with zero attached hydrogens (tertiary/aromatic N) is 2. The molecule has 0 bridgehead atoms. The molecule has 1 amide bonds. The zero-order valence-corrected chi connectivity index (χ0v) is 18.0. The molecule has 1 saturated heterocycles. The first kappa shape index (κ1) is 21.0. The van der Waals surface area contributed by atoms with Crippen molar-refractivity contribution in [3.8, 4) is 5.75 Å². The minimum absolute atomic E-state index is 0.160. The molecular weight excluding hydrogens is 416 g/mol. The molecule has 2 heterocycles. The molecule has 0 radical (unpaired) electrons. The summed E-state index contributed by atoms with van der Waals surface area (Å²) >= 11 is 0. The Morgan fingerprint density at radius 3 is 2.42 bits per heavy atom. The lowest BCUT2D eigenvalue weighted by atomic mass is 10.2. The Balaban J connectivity index is 1.38. The zero-order chi connectivity index (χ0) is 21.8. The van der Waals surface area contributed by atoms with Gasteiger partial charge >= 0.3 is 0 Å². The van der Waals surface area contributed by atoms with Crippen molar-refractivity contribution in [1.82, 2.24) is 4.90 Å². The zero-order valence-electron chi connectivity index (χ0n) is 17.2. The molecule has 3 aromatic rings. The van der Waals surface area contributed by atoms with Crippen molar-refractivity contribution in [2.45, 2.75) is 10.6 Å². The van der Waals surface area contributed by atoms with E-state index in [1.54, 1.807) is 54.5 Å². The molecule has 0 aliphatic carbocycles. The van der Waals surface area contributed by atoms with Crippen LogP contribution in [0.3, 0.4) is 0 Å². The molecule has 31 heavy (non-hydrogen) atoms. The predicted octanol–water partition coefficient (Wildman–Crippen LogP) is 3.22. The summed E-state index contributed by atoms with van der Waals surface area (Å²) in [6.45, 7) is 2.48. The summed E-state index contributed by atoms with van der Waals surface area (Å²) in [6, 6.07) is 19.1. The minimum Gasteiger partial charge on any atom is -0.497 e. The number of amides is 1. The van der Waals surface area contributed by atoms with E-state index in [1.165, 1.54) is 0 Å². The molecule has 4 rings (SSSR count). The van der Waals surface area contributed by atoms with E-state index in [0.29, 0.717) is 26.2 Å². The Labute approximate surface area is 181 Å². The van der Waals surface area contributed by atoms with Crippen LogP contribution in [-0.4, -0.2) is 52.5 Å². The first-order valence-corrected chi connectivity index (χ1v) is 11.7. The van der Waals surface area contributed by atoms with Crippen molar-refractivity contribution in [2.75, 3.05) is 38.2 Å². The maximum Gasteiger partial charge on any atom is 0.289 e. The summed E-state index contributed by atoms with van der Waals surface area (Å²) in [5, 5.41) is 0. The fraction of sp³-hybridized carbons (Fsp3) is 0.261. The molecule has 1 aliphatic heterocycles. The number of methoxy groups -OCH3 is 1. The van der Waals surface area contributed by atoms with Gasteiger partial charge in [-0.2, -0.15) is 0 Å². The second-order valence-corrected chi connectivity index (χ2v) is 9.31. The molecule has 1 aliphatic rings. The SMILES string of the molecule is COc1cccc(N2CCN(C(=O)c3ccc(CS(=O)(=O)c4ccccc4)o3)CC2)c1. The number of piperazine rings is 1. The third-order valence-electron chi connectivity index (χ3n) is 5.29. The molecular formula is C23H24N2O5S. The monoisotopic (exact) mass is 440 g/mol. The lowest BCUT2D eigenvalue weighted by Gasteiger charge is -2.35. The van der Waals surface area contributed by atoms with Crippen LogP contribution in [0.2, 0.25) is 0 Å². The van der Waals surface area contributed by atoms with Gasteiger partial charge < -0.3 is 19.0 Å². The highest BCUT2D eigenvalue weighted by atomic mass is 32.2. The molecule has 1 aromatic heterocycles. The summed E-state index contributed by atoms with van der Waals surface area (Å²) < 4.78 is 35.9. The quantitative estimate of drug-likeness (QED) is 0.586. The van der Waals surface area contributed by atoms with Crippen LogP contribution in [0.4, 0.5) is 5.69 Å². The van der Waals surface area contributed by atoms with E-state index < -0.39 is 9.84 Å². The number of hydrogen-bond donors (Lipinski definition) is 0. The van der Waals surface area contributed by atoms with Gasteiger partial charge in [0.1, 0.15) is 17.3 Å². The van der Waals surface area contributed by atoms with Crippen LogP contribution in [-0.2, 0) is 15.6 Å². The number of ether oxygens (including phenoxy) is 1. The van der Waals surface area contributed by atoms with E-state index in [1.807, 2.05) is 24.3 Å².